The maximum absolute atomic E-state index is 12.8. The van der Waals surface area contributed by atoms with Gasteiger partial charge in [0.2, 0.25) is 5.91 Å². The van der Waals surface area contributed by atoms with Gasteiger partial charge in [0.05, 0.1) is 12.7 Å². The highest BCUT2D eigenvalue weighted by molar-refractivity contribution is 5.88. The van der Waals surface area contributed by atoms with Crippen LogP contribution in [0.25, 0.3) is 0 Å². The smallest absolute Gasteiger partial charge is 0.325 e. The molecule has 0 bridgehead atoms. The van der Waals surface area contributed by atoms with Crippen LogP contribution in [0.4, 0.5) is 0 Å². The molecule has 0 aromatic heterocycles. The van der Waals surface area contributed by atoms with Crippen molar-refractivity contribution in [2.45, 2.75) is 58.8 Å². The summed E-state index contributed by atoms with van der Waals surface area (Å²) in [6, 6.07) is 2.26. The van der Waals surface area contributed by atoms with E-state index in [1.165, 1.54) is 4.90 Å². The normalized spacial score (nSPS) is 17.4. The molecule has 0 heterocycles. The number of carbonyl (C=O) groups is 2. The number of ether oxygens (including phenoxy) is 1. The highest BCUT2D eigenvalue weighted by atomic mass is 16.5. The molecule has 0 N–H and O–H groups in total. The van der Waals surface area contributed by atoms with E-state index >= 15 is 0 Å². The van der Waals surface area contributed by atoms with Crippen LogP contribution in [0.5, 0.6) is 0 Å². The van der Waals surface area contributed by atoms with E-state index in [-0.39, 0.29) is 12.5 Å². The van der Waals surface area contributed by atoms with Gasteiger partial charge >= 0.3 is 5.97 Å². The Hall–Kier alpha value is -1.57. The summed E-state index contributed by atoms with van der Waals surface area (Å²) in [6.07, 6.45) is 5.91. The Labute approximate surface area is 127 Å². The summed E-state index contributed by atoms with van der Waals surface area (Å²) < 4.78 is 4.93. The fourth-order valence-electron chi connectivity index (χ4n) is 2.89. The summed E-state index contributed by atoms with van der Waals surface area (Å²) in [6.45, 7) is 4.44. The molecule has 0 radical (unpaired) electrons. The Morgan fingerprint density at radius 2 is 1.81 bits per heavy atom. The van der Waals surface area contributed by atoms with Gasteiger partial charge in [0.15, 0.2) is 0 Å². The number of amides is 1. The molecule has 1 aliphatic rings. The van der Waals surface area contributed by atoms with Crippen LogP contribution in [-0.2, 0) is 14.3 Å². The minimum atomic E-state index is -0.946. The average molecular weight is 294 g/mol. The molecule has 0 aromatic rings. The zero-order valence-electron chi connectivity index (χ0n) is 13.2. The second-order valence-corrected chi connectivity index (χ2v) is 5.64. The van der Waals surface area contributed by atoms with Gasteiger partial charge in [0.25, 0.3) is 0 Å². The zero-order valence-corrected chi connectivity index (χ0v) is 13.2. The average Bonchev–Trinajstić information content (AvgIpc) is 2.72. The summed E-state index contributed by atoms with van der Waals surface area (Å²) in [4.78, 5) is 26.0. The molecule has 5 heteroatoms. The summed E-state index contributed by atoms with van der Waals surface area (Å²) in [5.74, 6) is -0.595. The number of rotatable bonds is 6. The van der Waals surface area contributed by atoms with Crippen molar-refractivity contribution in [1.82, 2.24) is 4.90 Å². The minimum Gasteiger partial charge on any atom is -0.465 e. The molecule has 1 fully saturated rings. The van der Waals surface area contributed by atoms with Crippen molar-refractivity contribution in [3.63, 3.8) is 0 Å². The second kappa shape index (κ2) is 8.66. The summed E-state index contributed by atoms with van der Waals surface area (Å²) >= 11 is 0. The van der Waals surface area contributed by atoms with E-state index in [1.807, 2.05) is 6.92 Å². The molecule has 0 aliphatic heterocycles. The van der Waals surface area contributed by atoms with Crippen LogP contribution in [0.1, 0.15) is 58.8 Å². The first-order valence-electron chi connectivity index (χ1n) is 7.96. The van der Waals surface area contributed by atoms with Crippen LogP contribution >= 0.6 is 0 Å². The van der Waals surface area contributed by atoms with Gasteiger partial charge in [-0.05, 0) is 26.2 Å². The highest BCUT2D eigenvalue weighted by Crippen LogP contribution is 2.36. The number of carbonyl (C=O) groups excluding carboxylic acids is 2. The fourth-order valence-corrected chi connectivity index (χ4v) is 2.89. The number of nitrogens with zero attached hydrogens (tertiary/aromatic N) is 2. The van der Waals surface area contributed by atoms with Crippen molar-refractivity contribution < 1.29 is 14.3 Å². The predicted octanol–water partition coefficient (Wildman–Crippen LogP) is 2.65. The molecule has 1 saturated carbocycles. The van der Waals surface area contributed by atoms with Crippen LogP contribution in [0, 0.1) is 16.7 Å². The summed E-state index contributed by atoms with van der Waals surface area (Å²) in [5.41, 5.74) is -0.946. The molecule has 0 unspecified atom stereocenters. The summed E-state index contributed by atoms with van der Waals surface area (Å²) in [7, 11) is 0. The number of hydrogen-bond acceptors (Lipinski definition) is 4. The van der Waals surface area contributed by atoms with E-state index in [0.29, 0.717) is 26.0 Å². The van der Waals surface area contributed by atoms with Gasteiger partial charge in [0.1, 0.15) is 12.0 Å². The topological polar surface area (TPSA) is 70.4 Å². The molecule has 1 rings (SSSR count). The van der Waals surface area contributed by atoms with E-state index in [1.54, 1.807) is 6.92 Å². The molecule has 118 valence electrons. The SMILES string of the molecule is CCCN(CC(=O)OCC)C(=O)C1(C#N)CCCCCC1. The number of hydrogen-bond donors (Lipinski definition) is 0. The van der Waals surface area contributed by atoms with Gasteiger partial charge in [-0.3, -0.25) is 9.59 Å². The van der Waals surface area contributed by atoms with E-state index < -0.39 is 11.4 Å². The monoisotopic (exact) mass is 294 g/mol. The lowest BCUT2D eigenvalue weighted by Gasteiger charge is -2.31. The molecule has 5 nitrogen and oxygen atoms in total. The van der Waals surface area contributed by atoms with Gasteiger partial charge in [0, 0.05) is 6.54 Å². The minimum absolute atomic E-state index is 0.0516. The van der Waals surface area contributed by atoms with Gasteiger partial charge in [-0.2, -0.15) is 5.26 Å². The van der Waals surface area contributed by atoms with E-state index in [9.17, 15) is 14.9 Å². The number of nitriles is 1. The molecule has 0 atom stereocenters. The van der Waals surface area contributed by atoms with Crippen LogP contribution in [-0.4, -0.2) is 36.5 Å². The van der Waals surface area contributed by atoms with Crippen molar-refractivity contribution in [3.8, 4) is 6.07 Å². The van der Waals surface area contributed by atoms with Crippen LogP contribution in [0.3, 0.4) is 0 Å². The lowest BCUT2D eigenvalue weighted by Crippen LogP contribution is -2.46. The Morgan fingerprint density at radius 3 is 2.29 bits per heavy atom. The Balaban J connectivity index is 2.86. The standard InChI is InChI=1S/C16H26N2O3/c1-3-11-18(12-14(19)21-4-2)15(20)16(13-17)9-7-5-6-8-10-16/h3-12H2,1-2H3. The predicted molar refractivity (Wildman–Crippen MR) is 79.3 cm³/mol. The van der Waals surface area contributed by atoms with Gasteiger partial charge in [-0.1, -0.05) is 32.6 Å². The van der Waals surface area contributed by atoms with E-state index in [0.717, 1.165) is 32.1 Å². The van der Waals surface area contributed by atoms with Crippen molar-refractivity contribution in [2.75, 3.05) is 19.7 Å². The van der Waals surface area contributed by atoms with Crippen LogP contribution in [0.15, 0.2) is 0 Å². The van der Waals surface area contributed by atoms with Gasteiger partial charge in [-0.25, -0.2) is 0 Å². The van der Waals surface area contributed by atoms with Crippen LogP contribution < -0.4 is 0 Å². The molecule has 1 amide bonds. The molecule has 0 saturated heterocycles. The van der Waals surface area contributed by atoms with Crippen molar-refractivity contribution in [3.05, 3.63) is 0 Å². The zero-order chi connectivity index (χ0) is 15.7. The van der Waals surface area contributed by atoms with Gasteiger partial charge in [-0.15, -0.1) is 0 Å². The first kappa shape index (κ1) is 17.5. The maximum atomic E-state index is 12.8. The Morgan fingerprint density at radius 1 is 1.19 bits per heavy atom. The fraction of sp³-hybridized carbons (Fsp3) is 0.812. The third-order valence-corrected chi connectivity index (χ3v) is 3.99. The molecule has 1 aliphatic carbocycles. The third kappa shape index (κ3) is 4.73. The lowest BCUT2D eigenvalue weighted by molar-refractivity contribution is -0.152. The number of esters is 1. The van der Waals surface area contributed by atoms with E-state index in [2.05, 4.69) is 6.07 Å². The lowest BCUT2D eigenvalue weighted by atomic mass is 9.80. The van der Waals surface area contributed by atoms with Crippen LogP contribution in [0.2, 0.25) is 0 Å². The molecular formula is C16H26N2O3. The molecule has 0 aromatic carbocycles. The molecular weight excluding hydrogens is 268 g/mol. The largest absolute Gasteiger partial charge is 0.465 e. The Bertz CT molecular complexity index is 393. The van der Waals surface area contributed by atoms with Crippen molar-refractivity contribution in [1.29, 1.82) is 5.26 Å². The molecule has 21 heavy (non-hydrogen) atoms. The van der Waals surface area contributed by atoms with Gasteiger partial charge < -0.3 is 9.64 Å². The van der Waals surface area contributed by atoms with E-state index in [4.69, 9.17) is 4.74 Å². The summed E-state index contributed by atoms with van der Waals surface area (Å²) in [5, 5.41) is 9.58. The molecule has 0 spiro atoms. The Kier molecular flexibility index (Phi) is 7.21. The van der Waals surface area contributed by atoms with Crippen molar-refractivity contribution >= 4 is 11.9 Å². The van der Waals surface area contributed by atoms with Crippen molar-refractivity contribution in [2.24, 2.45) is 5.41 Å². The first-order valence-corrected chi connectivity index (χ1v) is 7.96. The second-order valence-electron chi connectivity index (χ2n) is 5.64. The quantitative estimate of drug-likeness (QED) is 0.558. The maximum Gasteiger partial charge on any atom is 0.325 e. The highest BCUT2D eigenvalue weighted by Gasteiger charge is 2.41. The third-order valence-electron chi connectivity index (χ3n) is 3.99. The first-order chi connectivity index (χ1) is 10.1.